The molecule has 1 aromatic carbocycles. The molecular formula is C29H46N4O8. The van der Waals surface area contributed by atoms with Crippen molar-refractivity contribution < 1.29 is 38.6 Å². The largest absolute Gasteiger partial charge is 0.507 e. The van der Waals surface area contributed by atoms with E-state index in [9.17, 15) is 29.1 Å². The standard InChI is InChI=1S/C29H46N4O8/c1-7-8-9-10-11-12-16-33(27(38)21(17-22(30)34)32-28(39)41-29(3,4)5)24(26(37)31-18-23(35)40-6)20-15-13-14-19(2)25(20)36/h13-15,21,24,36H,7-12,16-18H2,1-6H3,(H2,30,34)(H,31,37)(H,32,39). The van der Waals surface area contributed by atoms with Crippen molar-refractivity contribution in [1.29, 1.82) is 0 Å². The zero-order valence-electron chi connectivity index (χ0n) is 25.1. The van der Waals surface area contributed by atoms with Crippen molar-refractivity contribution >= 4 is 29.8 Å². The highest BCUT2D eigenvalue weighted by Gasteiger charge is 2.38. The molecule has 0 bridgehead atoms. The maximum absolute atomic E-state index is 14.1. The average molecular weight is 579 g/mol. The summed E-state index contributed by atoms with van der Waals surface area (Å²) in [7, 11) is 1.17. The minimum atomic E-state index is -1.45. The molecule has 5 N–H and O–H groups in total. The number of phenolic OH excluding ortho intramolecular Hbond substituents is 1. The van der Waals surface area contributed by atoms with Crippen LogP contribution >= 0.6 is 0 Å². The molecule has 0 saturated carbocycles. The monoisotopic (exact) mass is 578 g/mol. The van der Waals surface area contributed by atoms with Gasteiger partial charge in [0.25, 0.3) is 0 Å². The Hall–Kier alpha value is -3.83. The third-order valence-corrected chi connectivity index (χ3v) is 6.19. The number of benzene rings is 1. The van der Waals surface area contributed by atoms with Crippen LogP contribution in [0.5, 0.6) is 5.75 Å². The molecule has 41 heavy (non-hydrogen) atoms. The Labute approximate surface area is 242 Å². The molecule has 0 aliphatic rings. The Balaban J connectivity index is 3.55. The molecule has 0 aromatic heterocycles. The number of nitrogens with one attached hydrogen (secondary N) is 2. The predicted octanol–water partition coefficient (Wildman–Crippen LogP) is 2.99. The van der Waals surface area contributed by atoms with Gasteiger partial charge in [-0.2, -0.15) is 0 Å². The van der Waals surface area contributed by atoms with Crippen LogP contribution in [0.25, 0.3) is 0 Å². The molecule has 2 unspecified atom stereocenters. The molecule has 230 valence electrons. The van der Waals surface area contributed by atoms with Crippen LogP contribution in [-0.4, -0.2) is 71.6 Å². The number of amides is 4. The topological polar surface area (TPSA) is 177 Å². The number of aryl methyl sites for hydroxylation is 1. The van der Waals surface area contributed by atoms with Gasteiger partial charge in [-0.15, -0.1) is 0 Å². The van der Waals surface area contributed by atoms with E-state index in [0.717, 1.165) is 32.1 Å². The van der Waals surface area contributed by atoms with Gasteiger partial charge in [0.2, 0.25) is 17.7 Å². The zero-order chi connectivity index (χ0) is 31.2. The van der Waals surface area contributed by atoms with E-state index < -0.39 is 60.4 Å². The van der Waals surface area contributed by atoms with Crippen LogP contribution in [0.1, 0.15) is 89.8 Å². The quantitative estimate of drug-likeness (QED) is 0.171. The number of esters is 1. The van der Waals surface area contributed by atoms with Gasteiger partial charge in [-0.3, -0.25) is 19.2 Å². The number of unbranched alkanes of at least 4 members (excludes halogenated alkanes) is 5. The van der Waals surface area contributed by atoms with E-state index in [1.54, 1.807) is 39.8 Å². The van der Waals surface area contributed by atoms with E-state index in [1.165, 1.54) is 18.1 Å². The number of primary amides is 1. The number of aromatic hydroxyl groups is 1. The van der Waals surface area contributed by atoms with Crippen LogP contribution in [0, 0.1) is 6.92 Å². The van der Waals surface area contributed by atoms with Crippen molar-refractivity contribution in [3.63, 3.8) is 0 Å². The summed E-state index contributed by atoms with van der Waals surface area (Å²) in [5.74, 6) is -3.31. The summed E-state index contributed by atoms with van der Waals surface area (Å²) in [6.07, 6.45) is 3.80. The van der Waals surface area contributed by atoms with Crippen LogP contribution in [0.4, 0.5) is 4.79 Å². The SMILES string of the molecule is CCCCCCCCN(C(=O)C(CC(N)=O)NC(=O)OC(C)(C)C)C(C(=O)NCC(=O)OC)c1cccc(C)c1O. The second-order valence-electron chi connectivity index (χ2n) is 10.9. The minimum absolute atomic E-state index is 0.0555. The molecule has 0 heterocycles. The highest BCUT2D eigenvalue weighted by Crippen LogP contribution is 2.32. The summed E-state index contributed by atoms with van der Waals surface area (Å²) in [4.78, 5) is 65.1. The molecule has 0 aliphatic carbocycles. The molecule has 1 aromatic rings. The first-order valence-electron chi connectivity index (χ1n) is 13.9. The highest BCUT2D eigenvalue weighted by atomic mass is 16.6. The fourth-order valence-corrected chi connectivity index (χ4v) is 4.16. The number of ether oxygens (including phenoxy) is 2. The van der Waals surface area contributed by atoms with Gasteiger partial charge in [0.15, 0.2) is 0 Å². The van der Waals surface area contributed by atoms with Crippen molar-refractivity contribution in [2.45, 2.75) is 97.2 Å². The Kier molecular flexibility index (Phi) is 14.7. The van der Waals surface area contributed by atoms with Gasteiger partial charge in [0.1, 0.15) is 30.0 Å². The fraction of sp³-hybridized carbons (Fsp3) is 0.621. The molecular weight excluding hydrogens is 532 g/mol. The van der Waals surface area contributed by atoms with Gasteiger partial charge in [-0.05, 0) is 39.7 Å². The maximum Gasteiger partial charge on any atom is 0.408 e. The number of nitrogens with two attached hydrogens (primary N) is 1. The average Bonchev–Trinajstić information content (AvgIpc) is 2.88. The Morgan fingerprint density at radius 3 is 2.27 bits per heavy atom. The van der Waals surface area contributed by atoms with Gasteiger partial charge in [0, 0.05) is 12.1 Å². The summed E-state index contributed by atoms with van der Waals surface area (Å²) >= 11 is 0. The van der Waals surface area contributed by atoms with Crippen LogP contribution in [0.3, 0.4) is 0 Å². The van der Waals surface area contributed by atoms with Crippen LogP contribution in [0.15, 0.2) is 18.2 Å². The Morgan fingerprint density at radius 1 is 1.05 bits per heavy atom. The molecule has 0 saturated heterocycles. The van der Waals surface area contributed by atoms with E-state index in [0.29, 0.717) is 12.0 Å². The summed E-state index contributed by atoms with van der Waals surface area (Å²) < 4.78 is 9.89. The number of nitrogens with zero attached hydrogens (tertiary/aromatic N) is 1. The van der Waals surface area contributed by atoms with Crippen molar-refractivity contribution in [2.24, 2.45) is 5.73 Å². The molecule has 0 spiro atoms. The van der Waals surface area contributed by atoms with E-state index in [1.807, 2.05) is 0 Å². The number of rotatable bonds is 16. The summed E-state index contributed by atoms with van der Waals surface area (Å²) in [5, 5.41) is 15.8. The Morgan fingerprint density at radius 2 is 1.68 bits per heavy atom. The normalized spacial score (nSPS) is 12.5. The molecule has 0 aliphatic heterocycles. The maximum atomic E-state index is 14.1. The molecule has 4 amide bonds. The molecule has 1 rings (SSSR count). The van der Waals surface area contributed by atoms with Gasteiger partial charge < -0.3 is 35.8 Å². The van der Waals surface area contributed by atoms with E-state index in [-0.39, 0.29) is 17.9 Å². The van der Waals surface area contributed by atoms with Gasteiger partial charge in [0.05, 0.1) is 13.5 Å². The highest BCUT2D eigenvalue weighted by molar-refractivity contribution is 5.95. The van der Waals surface area contributed by atoms with Crippen LogP contribution < -0.4 is 16.4 Å². The number of hydrogen-bond acceptors (Lipinski definition) is 8. The molecule has 2 atom stereocenters. The predicted molar refractivity (Wildman–Crippen MR) is 153 cm³/mol. The first kappa shape index (κ1) is 35.2. The lowest BCUT2D eigenvalue weighted by atomic mass is 9.98. The second-order valence-corrected chi connectivity index (χ2v) is 10.9. The first-order chi connectivity index (χ1) is 19.2. The van der Waals surface area contributed by atoms with Crippen molar-refractivity contribution in [3.8, 4) is 5.75 Å². The first-order valence-corrected chi connectivity index (χ1v) is 13.9. The molecule has 0 radical (unpaired) electrons. The minimum Gasteiger partial charge on any atom is -0.507 e. The van der Waals surface area contributed by atoms with E-state index in [4.69, 9.17) is 10.5 Å². The van der Waals surface area contributed by atoms with Gasteiger partial charge in [-0.25, -0.2) is 4.79 Å². The van der Waals surface area contributed by atoms with Gasteiger partial charge >= 0.3 is 12.1 Å². The number of hydrogen-bond donors (Lipinski definition) is 4. The van der Waals surface area contributed by atoms with Gasteiger partial charge in [-0.1, -0.05) is 57.2 Å². The lowest BCUT2D eigenvalue weighted by Crippen LogP contribution is -2.54. The van der Waals surface area contributed by atoms with E-state index >= 15 is 0 Å². The lowest BCUT2D eigenvalue weighted by Gasteiger charge is -2.34. The number of para-hydroxylation sites is 1. The van der Waals surface area contributed by atoms with Crippen molar-refractivity contribution in [2.75, 3.05) is 20.2 Å². The van der Waals surface area contributed by atoms with Crippen molar-refractivity contribution in [1.82, 2.24) is 15.5 Å². The third kappa shape index (κ3) is 12.5. The molecule has 0 fully saturated rings. The number of alkyl carbamates (subject to hydrolysis) is 1. The number of phenols is 1. The second kappa shape index (κ2) is 17.1. The fourth-order valence-electron chi connectivity index (χ4n) is 4.16. The molecule has 12 heteroatoms. The number of carbonyl (C=O) groups is 5. The number of methoxy groups -OCH3 is 1. The van der Waals surface area contributed by atoms with Crippen LogP contribution in [0.2, 0.25) is 0 Å². The van der Waals surface area contributed by atoms with Crippen LogP contribution in [-0.2, 0) is 28.7 Å². The smallest absolute Gasteiger partial charge is 0.408 e. The van der Waals surface area contributed by atoms with E-state index in [2.05, 4.69) is 22.3 Å². The molecule has 12 nitrogen and oxygen atoms in total. The number of carbonyl (C=O) groups excluding carboxylic acids is 5. The summed E-state index contributed by atoms with van der Waals surface area (Å²) in [5.41, 5.74) is 5.11. The lowest BCUT2D eigenvalue weighted by molar-refractivity contribution is -0.145. The third-order valence-electron chi connectivity index (χ3n) is 6.19. The Bertz CT molecular complexity index is 1050. The summed E-state index contributed by atoms with van der Waals surface area (Å²) in [6, 6.07) is 1.90. The summed E-state index contributed by atoms with van der Waals surface area (Å²) in [6.45, 7) is 8.25. The van der Waals surface area contributed by atoms with Crippen molar-refractivity contribution in [3.05, 3.63) is 29.3 Å². The zero-order valence-corrected chi connectivity index (χ0v) is 25.1.